The highest BCUT2D eigenvalue weighted by molar-refractivity contribution is 7.81. The van der Waals surface area contributed by atoms with E-state index in [0.717, 1.165) is 0 Å². The first-order chi connectivity index (χ1) is 3.71. The van der Waals surface area contributed by atoms with Crippen molar-refractivity contribution in [3.8, 4) is 0 Å². The smallest absolute Gasteiger partial charge is 0.0962 e. The molecule has 0 saturated heterocycles. The van der Waals surface area contributed by atoms with Crippen molar-refractivity contribution in [2.45, 2.75) is 0 Å². The van der Waals surface area contributed by atoms with Crippen LogP contribution in [0.3, 0.4) is 0 Å². The Morgan fingerprint density at radius 1 is 1.11 bits per heavy atom. The molecule has 4 heteroatoms. The predicted molar refractivity (Wildman–Crippen MR) is 40.5 cm³/mol. The van der Waals surface area contributed by atoms with Crippen LogP contribution in [-0.4, -0.2) is 19.2 Å². The summed E-state index contributed by atoms with van der Waals surface area (Å²) in [6, 6.07) is 0. The second-order valence-corrected chi connectivity index (χ2v) is 8.32. The van der Waals surface area contributed by atoms with Crippen LogP contribution in [-0.2, 0) is 9.13 Å². The first-order valence-corrected chi connectivity index (χ1v) is 7.23. The third-order valence-electron chi connectivity index (χ3n) is 0.562. The molecule has 0 aromatic heterocycles. The monoisotopic (exact) mass is 164 g/mol. The zero-order chi connectivity index (χ0) is 7.71. The van der Waals surface area contributed by atoms with Crippen LogP contribution in [0.5, 0.6) is 0 Å². The minimum absolute atomic E-state index is 0.0417. The molecule has 0 N–H and O–H groups in total. The van der Waals surface area contributed by atoms with Crippen LogP contribution in [0.2, 0.25) is 0 Å². The Balaban J connectivity index is 4.07. The van der Waals surface area contributed by atoms with Gasteiger partial charge in [-0.1, -0.05) is 0 Å². The minimum atomic E-state index is -2.68. The summed E-state index contributed by atoms with van der Waals surface area (Å²) in [7, 11) is -5.35. The van der Waals surface area contributed by atoms with Crippen LogP contribution < -0.4 is 0 Å². The van der Waals surface area contributed by atoms with Crippen molar-refractivity contribution in [2.75, 3.05) is 19.2 Å². The highest BCUT2D eigenvalue weighted by Crippen LogP contribution is 2.55. The largest absolute Gasteiger partial charge is 0.323 e. The maximum Gasteiger partial charge on any atom is 0.0962 e. The molecule has 9 heavy (non-hydrogen) atoms. The number of hydrogen-bond acceptors (Lipinski definition) is 2. The molecule has 0 aliphatic heterocycles. The average Bonchev–Trinajstić information content (AvgIpc) is 1.14. The van der Waals surface area contributed by atoms with Crippen LogP contribution in [0.25, 0.3) is 0 Å². The van der Waals surface area contributed by atoms with Gasteiger partial charge in [0.25, 0.3) is 0 Å². The maximum atomic E-state index is 10.8. The Hall–Kier alpha value is 0.460. The molecular formula is C5H10O2P2. The number of hydrogen-bond donors (Lipinski definition) is 0. The lowest BCUT2D eigenvalue weighted by atomic mass is 11.8. The zero-order valence-corrected chi connectivity index (χ0v) is 7.36. The highest BCUT2D eigenvalue weighted by Gasteiger charge is 2.17. The van der Waals surface area contributed by atoms with Crippen LogP contribution in [0.4, 0.5) is 0 Å². The highest BCUT2D eigenvalue weighted by atomic mass is 31.2. The Bertz CT molecular complexity index is 153. The van der Waals surface area contributed by atoms with E-state index in [4.69, 9.17) is 13.3 Å². The van der Waals surface area contributed by atoms with Gasteiger partial charge in [-0.05, 0) is 13.3 Å². The molecular weight excluding hydrogens is 154 g/mol. The summed E-state index contributed by atoms with van der Waals surface area (Å²) in [5, 5.41) is 0. The summed E-state index contributed by atoms with van der Waals surface area (Å²) in [6.45, 7) is 13.0. The van der Waals surface area contributed by atoms with Gasteiger partial charge in [-0.3, -0.25) is 0 Å². The Morgan fingerprint density at radius 3 is 1.33 bits per heavy atom. The SMILES string of the molecule is [CH]P(C)(=O)CP([CH])(C)=O. The average molecular weight is 164 g/mol. The van der Waals surface area contributed by atoms with Gasteiger partial charge in [-0.25, -0.2) is 0 Å². The fourth-order valence-corrected chi connectivity index (χ4v) is 5.02. The van der Waals surface area contributed by atoms with Crippen LogP contribution >= 0.6 is 14.3 Å². The normalized spacial score (nSPS) is 13.8. The van der Waals surface area contributed by atoms with Gasteiger partial charge in [0.05, 0.1) is 20.2 Å². The van der Waals surface area contributed by atoms with E-state index in [1.165, 1.54) is 13.3 Å². The van der Waals surface area contributed by atoms with E-state index in [1.54, 1.807) is 0 Å². The lowest BCUT2D eigenvalue weighted by Gasteiger charge is -2.08. The zero-order valence-electron chi connectivity index (χ0n) is 5.57. The van der Waals surface area contributed by atoms with Crippen molar-refractivity contribution in [1.82, 2.24) is 0 Å². The van der Waals surface area contributed by atoms with Gasteiger partial charge in [0.15, 0.2) is 0 Å². The quantitative estimate of drug-likeness (QED) is 0.586. The molecule has 2 unspecified atom stereocenters. The first kappa shape index (κ1) is 9.46. The van der Waals surface area contributed by atoms with Gasteiger partial charge in [0.2, 0.25) is 0 Å². The summed E-state index contributed by atoms with van der Waals surface area (Å²) in [5.41, 5.74) is 0. The molecule has 0 spiro atoms. The minimum Gasteiger partial charge on any atom is -0.323 e. The van der Waals surface area contributed by atoms with Crippen LogP contribution in [0, 0.1) is 13.3 Å². The first-order valence-electron chi connectivity index (χ1n) is 2.41. The van der Waals surface area contributed by atoms with Crippen LogP contribution in [0.1, 0.15) is 0 Å². The van der Waals surface area contributed by atoms with E-state index in [1.807, 2.05) is 0 Å². The summed E-state index contributed by atoms with van der Waals surface area (Å²) in [5.74, 6) is -0.0417. The number of rotatable bonds is 2. The third-order valence-corrected chi connectivity index (χ3v) is 5.05. The Labute approximate surface area is 56.8 Å². The summed E-state index contributed by atoms with van der Waals surface area (Å²) in [6.07, 6.45) is 0. The molecule has 0 fully saturated rings. The van der Waals surface area contributed by atoms with Gasteiger partial charge in [-0.2, -0.15) is 0 Å². The van der Waals surface area contributed by atoms with Gasteiger partial charge >= 0.3 is 0 Å². The van der Waals surface area contributed by atoms with Gasteiger partial charge in [0.1, 0.15) is 0 Å². The maximum absolute atomic E-state index is 10.8. The van der Waals surface area contributed by atoms with Crippen molar-refractivity contribution in [2.24, 2.45) is 0 Å². The van der Waals surface area contributed by atoms with E-state index in [-0.39, 0.29) is 5.90 Å². The van der Waals surface area contributed by atoms with Gasteiger partial charge in [-0.15, -0.1) is 0 Å². The lowest BCUT2D eigenvalue weighted by molar-refractivity contribution is 0.579. The molecule has 4 radical (unpaired) electrons. The van der Waals surface area contributed by atoms with E-state index >= 15 is 0 Å². The van der Waals surface area contributed by atoms with Gasteiger partial charge in [0, 0.05) is 13.3 Å². The van der Waals surface area contributed by atoms with E-state index in [0.29, 0.717) is 0 Å². The summed E-state index contributed by atoms with van der Waals surface area (Å²) >= 11 is 0. The van der Waals surface area contributed by atoms with Crippen molar-refractivity contribution >= 4 is 14.3 Å². The second kappa shape index (κ2) is 2.60. The predicted octanol–water partition coefficient (Wildman–Crippen LogP) is 2.27. The topological polar surface area (TPSA) is 34.1 Å². The molecule has 2 nitrogen and oxygen atoms in total. The molecule has 0 rings (SSSR count). The Kier molecular flexibility index (Phi) is 2.73. The molecule has 0 aliphatic carbocycles. The molecule has 0 aromatic rings. The molecule has 0 amide bonds. The van der Waals surface area contributed by atoms with Crippen molar-refractivity contribution in [3.63, 3.8) is 0 Å². The molecule has 0 heterocycles. The van der Waals surface area contributed by atoms with Crippen molar-refractivity contribution in [3.05, 3.63) is 13.3 Å². The van der Waals surface area contributed by atoms with E-state index in [2.05, 4.69) is 0 Å². The van der Waals surface area contributed by atoms with Crippen molar-refractivity contribution < 1.29 is 9.13 Å². The second-order valence-electron chi connectivity index (χ2n) is 2.49. The summed E-state index contributed by atoms with van der Waals surface area (Å²) < 4.78 is 21.5. The fraction of sp³-hybridized carbons (Fsp3) is 0.600. The fourth-order valence-electron chi connectivity index (χ4n) is 0.558. The van der Waals surface area contributed by atoms with E-state index in [9.17, 15) is 9.13 Å². The molecule has 0 saturated carbocycles. The van der Waals surface area contributed by atoms with E-state index < -0.39 is 14.3 Å². The third kappa shape index (κ3) is 8.46. The molecule has 0 bridgehead atoms. The van der Waals surface area contributed by atoms with Crippen LogP contribution in [0.15, 0.2) is 0 Å². The van der Waals surface area contributed by atoms with Crippen molar-refractivity contribution in [1.29, 1.82) is 0 Å². The molecule has 0 aromatic carbocycles. The molecule has 2 atom stereocenters. The van der Waals surface area contributed by atoms with Gasteiger partial charge < -0.3 is 9.13 Å². The Morgan fingerprint density at radius 2 is 1.33 bits per heavy atom. The molecule has 52 valence electrons. The molecule has 0 aliphatic rings. The lowest BCUT2D eigenvalue weighted by Crippen LogP contribution is -1.82. The summed E-state index contributed by atoms with van der Waals surface area (Å²) in [4.78, 5) is 0. The standard InChI is InChI=1S/C5H10O2P2/c1-8(2,6)5-9(3,4)7/h1,3H,5H2,2,4H3.